The van der Waals surface area contributed by atoms with E-state index in [1.165, 1.54) is 0 Å². The summed E-state index contributed by atoms with van der Waals surface area (Å²) in [5.74, 6) is -36.3. The molecule has 1 saturated heterocycles. The van der Waals surface area contributed by atoms with E-state index in [9.17, 15) is 125 Å². The number of phenolic OH excluding ortho intramolecular Hbond substituents is 18. The second-order valence-electron chi connectivity index (χ2n) is 19.5. The molecule has 34 nitrogen and oxygen atoms in total. The van der Waals surface area contributed by atoms with E-state index in [1.807, 2.05) is 0 Å². The molecule has 456 valence electrons. The third-order valence-electron chi connectivity index (χ3n) is 14.5. The van der Waals surface area contributed by atoms with Gasteiger partial charge in [-0.25, -0.2) is 33.6 Å². The first-order chi connectivity index (χ1) is 42.0. The monoisotopic (exact) mass is 1240 g/mol. The van der Waals surface area contributed by atoms with E-state index in [2.05, 4.69) is 0 Å². The van der Waals surface area contributed by atoms with Gasteiger partial charge in [0.2, 0.25) is 58.4 Å². The minimum absolute atomic E-state index is 0.351. The largest absolute Gasteiger partial charge is 0.504 e. The zero-order valence-corrected chi connectivity index (χ0v) is 43.2. The molecule has 1 fully saturated rings. The van der Waals surface area contributed by atoms with E-state index in [1.54, 1.807) is 0 Å². The van der Waals surface area contributed by atoms with Gasteiger partial charge in [-0.2, -0.15) is 0 Å². The van der Waals surface area contributed by atoms with Gasteiger partial charge in [0, 0.05) is 27.6 Å². The summed E-state index contributed by atoms with van der Waals surface area (Å²) >= 11 is 0. The summed E-state index contributed by atoms with van der Waals surface area (Å²) in [4.78, 5) is 99.8. The number of rotatable bonds is 4. The number of esters is 5. The molecule has 3 aliphatic rings. The predicted octanol–water partition coefficient (Wildman–Crippen LogP) is 3.36. The number of fused-ring (bicyclic) bond motifs is 9. The number of hydrogen-bond acceptors (Lipinski definition) is 34. The molecule has 0 bridgehead atoms. The van der Waals surface area contributed by atoms with Gasteiger partial charge in [-0.05, 0) is 42.5 Å². The summed E-state index contributed by atoms with van der Waals surface area (Å²) in [6.45, 7) is -1.39. The predicted molar refractivity (Wildman–Crippen MR) is 279 cm³/mol. The van der Waals surface area contributed by atoms with Gasteiger partial charge in [0.1, 0.15) is 18.1 Å². The Morgan fingerprint density at radius 3 is 1.34 bits per heavy atom. The van der Waals surface area contributed by atoms with Crippen molar-refractivity contribution in [2.45, 2.75) is 30.7 Å². The van der Waals surface area contributed by atoms with E-state index in [-0.39, 0.29) is 0 Å². The van der Waals surface area contributed by atoms with E-state index in [4.69, 9.17) is 42.0 Å². The minimum Gasteiger partial charge on any atom is -0.504 e. The van der Waals surface area contributed by atoms with Gasteiger partial charge in [0.25, 0.3) is 0 Å². The summed E-state index contributed by atoms with van der Waals surface area (Å²) in [6, 6.07) is 3.08. The highest BCUT2D eigenvalue weighted by Crippen LogP contribution is 2.57. The van der Waals surface area contributed by atoms with Crippen LogP contribution in [0.15, 0.2) is 60.9 Å². The van der Waals surface area contributed by atoms with Gasteiger partial charge in [0.05, 0.1) is 38.6 Å². The fraction of sp³-hybridized carbons (Fsp3) is 0.109. The maximum atomic E-state index is 14.8. The van der Waals surface area contributed by atoms with E-state index < -0.39 is 276 Å². The van der Waals surface area contributed by atoms with Crippen molar-refractivity contribution in [1.82, 2.24) is 0 Å². The normalized spacial score (nSPS) is 18.2. The number of ether oxygens (including phenoxy) is 7. The Kier molecular flexibility index (Phi) is 12.4. The minimum atomic E-state index is -2.76. The van der Waals surface area contributed by atoms with Crippen molar-refractivity contribution in [2.75, 3.05) is 6.61 Å². The molecule has 0 unspecified atom stereocenters. The van der Waals surface area contributed by atoms with E-state index in [0.717, 1.165) is 0 Å². The number of aromatic hydroxyl groups is 18. The first kappa shape index (κ1) is 56.5. The maximum absolute atomic E-state index is 14.8. The lowest BCUT2D eigenvalue weighted by molar-refractivity contribution is -0.282. The standard InChI is InChI=1S/C55H32O34/c56-15-1-9(2-21(30(15)62)82-45-29-28-27-14(53(79)85-44(28)40(72)41(45)73)7-20(61)35(67)43(27)86-54(29)80)48(74)89-55-47-46(87-51(77)12-5-18(59)33(65)38(70)25(12)26-13(52(78)88-47)6-19(60)34(66)39(26)71)42-22(83-55)8-81-49(75)10-3-16(57)31(63)36(68)23(10)24-11(50(76)84-42)4-17(58)32(64)37(24)69/h1-7,22,42,46-47,55-73H,8H2/t22-,42-,46+,47+,55-/m1/s1. The van der Waals surface area contributed by atoms with Crippen molar-refractivity contribution < 1.29 is 158 Å². The van der Waals surface area contributed by atoms with Gasteiger partial charge < -0.3 is 134 Å². The SMILES string of the molecule is O=C(O[C@H]1O[C@@H]2COC(=O)c3cc(O)c(O)c(O)c3-c3c(cc(O)c(O)c3O)C(=O)O[C@H]2[C@@H]2OC(=O)c3cc(O)c(O)c(O)c3-c3c(cc(O)c(O)c3O)C(=O)O[C@H]12)c1cc(O)c(O)c(Oc2c(O)c(O)c3oc(=O)c4cc(O)c(O)c5oc(=O)c2c3c54)c1. The molecule has 12 rings (SSSR count). The van der Waals surface area contributed by atoms with E-state index in [0.29, 0.717) is 42.5 Å². The van der Waals surface area contributed by atoms with Crippen molar-refractivity contribution in [1.29, 1.82) is 0 Å². The van der Waals surface area contributed by atoms with Crippen LogP contribution < -0.4 is 16.0 Å². The van der Waals surface area contributed by atoms with Crippen molar-refractivity contribution in [3.8, 4) is 137 Å². The maximum Gasteiger partial charge on any atom is 0.348 e. The average Bonchev–Trinajstić information content (AvgIpc) is 0.886. The molecule has 0 amide bonds. The zero-order valence-electron chi connectivity index (χ0n) is 43.2. The highest BCUT2D eigenvalue weighted by atomic mass is 16.7. The number of phenols is 18. The van der Waals surface area contributed by atoms with Crippen LogP contribution in [-0.4, -0.2) is 159 Å². The van der Waals surface area contributed by atoms with Crippen LogP contribution in [-0.2, 0) is 28.4 Å². The number of cyclic esters (lactones) is 1. The van der Waals surface area contributed by atoms with Crippen LogP contribution in [0.4, 0.5) is 0 Å². The molecule has 0 spiro atoms. The third-order valence-corrected chi connectivity index (χ3v) is 14.5. The molecular weight excluding hydrogens is 1200 g/mol. The smallest absolute Gasteiger partial charge is 0.348 e. The van der Waals surface area contributed by atoms with Gasteiger partial charge >= 0.3 is 41.1 Å². The summed E-state index contributed by atoms with van der Waals surface area (Å²) in [6.07, 6.45) is -13.1. The Balaban J connectivity index is 1.02. The quantitative estimate of drug-likeness (QED) is 0.0395. The fourth-order valence-electron chi connectivity index (χ4n) is 10.4. The molecule has 2 aromatic heterocycles. The summed E-state index contributed by atoms with van der Waals surface area (Å²) < 4.78 is 50.3. The number of benzene rings is 7. The van der Waals surface area contributed by atoms with Gasteiger partial charge in [-0.3, -0.25) is 0 Å². The van der Waals surface area contributed by atoms with Crippen LogP contribution in [0.2, 0.25) is 0 Å². The van der Waals surface area contributed by atoms with Crippen LogP contribution in [0.25, 0.3) is 55.0 Å². The summed E-state index contributed by atoms with van der Waals surface area (Å²) in [5.41, 5.74) is -14.9. The van der Waals surface area contributed by atoms with Crippen molar-refractivity contribution in [3.05, 3.63) is 91.1 Å². The van der Waals surface area contributed by atoms with E-state index >= 15 is 0 Å². The molecular formula is C55H32O34. The van der Waals surface area contributed by atoms with Gasteiger partial charge in [-0.15, -0.1) is 0 Å². The van der Waals surface area contributed by atoms with Crippen molar-refractivity contribution >= 4 is 62.6 Å². The highest BCUT2D eigenvalue weighted by molar-refractivity contribution is 6.24. The van der Waals surface area contributed by atoms with Crippen molar-refractivity contribution in [2.24, 2.45) is 0 Å². The molecule has 5 atom stereocenters. The lowest BCUT2D eigenvalue weighted by Crippen LogP contribution is -2.63. The highest BCUT2D eigenvalue weighted by Gasteiger charge is 2.56. The topological polar surface area (TPSA) is 575 Å². The average molecular weight is 1240 g/mol. The molecule has 9 aromatic rings. The molecule has 34 heteroatoms. The Morgan fingerprint density at radius 1 is 0.404 bits per heavy atom. The molecule has 7 aromatic carbocycles. The molecule has 89 heavy (non-hydrogen) atoms. The first-order valence-electron chi connectivity index (χ1n) is 24.7. The van der Waals surface area contributed by atoms with Crippen LogP contribution in [0.1, 0.15) is 51.8 Å². The Hall–Kier alpha value is -13.0. The molecule has 5 heterocycles. The van der Waals surface area contributed by atoms with Gasteiger partial charge in [0.15, 0.2) is 92.4 Å². The molecule has 3 aliphatic heterocycles. The van der Waals surface area contributed by atoms with Crippen LogP contribution >= 0.6 is 0 Å². The number of carbonyl (C=O) groups is 5. The molecule has 18 N–H and O–H groups in total. The third kappa shape index (κ3) is 8.26. The van der Waals surface area contributed by atoms with Crippen LogP contribution in [0, 0.1) is 0 Å². The van der Waals surface area contributed by atoms with Crippen molar-refractivity contribution in [3.63, 3.8) is 0 Å². The summed E-state index contributed by atoms with van der Waals surface area (Å²) in [5, 5.41) is 193. The second-order valence-corrected chi connectivity index (χ2v) is 19.5. The zero-order chi connectivity index (χ0) is 64.2. The lowest BCUT2D eigenvalue weighted by Gasteiger charge is -2.44. The Morgan fingerprint density at radius 2 is 0.831 bits per heavy atom. The van der Waals surface area contributed by atoms with Crippen LogP contribution in [0.5, 0.6) is 115 Å². The fourth-order valence-corrected chi connectivity index (χ4v) is 10.4. The number of hydrogen-bond donors (Lipinski definition) is 18. The Bertz CT molecular complexity index is 4860. The first-order valence-corrected chi connectivity index (χ1v) is 24.7. The lowest BCUT2D eigenvalue weighted by atomic mass is 9.91. The molecule has 0 saturated carbocycles. The molecule has 0 radical (unpaired) electrons. The van der Waals surface area contributed by atoms with Crippen LogP contribution in [0.3, 0.4) is 0 Å². The molecule has 0 aliphatic carbocycles. The van der Waals surface area contributed by atoms with Gasteiger partial charge in [-0.1, -0.05) is 0 Å². The second kappa shape index (κ2) is 19.5. The summed E-state index contributed by atoms with van der Waals surface area (Å²) in [7, 11) is 0. The Labute approximate surface area is 485 Å². The number of carbonyl (C=O) groups excluding carboxylic acids is 5.